The molecule has 3 nitrogen and oxygen atoms in total. The van der Waals surface area contributed by atoms with Crippen LogP contribution in [0.15, 0.2) is 12.4 Å². The second-order valence-corrected chi connectivity index (χ2v) is 5.27. The minimum Gasteiger partial charge on any atom is -0.314 e. The smallest absolute Gasteiger partial charge is 0.0522 e. The highest BCUT2D eigenvalue weighted by atomic mass is 15.3. The first kappa shape index (κ1) is 12.6. The Morgan fingerprint density at radius 2 is 2.24 bits per heavy atom. The Morgan fingerprint density at radius 3 is 2.76 bits per heavy atom. The van der Waals surface area contributed by atoms with Crippen molar-refractivity contribution in [2.45, 2.75) is 52.6 Å². The highest BCUT2D eigenvalue weighted by Gasteiger charge is 2.32. The van der Waals surface area contributed by atoms with Gasteiger partial charge in [0.25, 0.3) is 0 Å². The predicted octanol–water partition coefficient (Wildman–Crippen LogP) is 2.47. The zero-order chi connectivity index (χ0) is 12.3. The van der Waals surface area contributed by atoms with Gasteiger partial charge in [-0.25, -0.2) is 0 Å². The van der Waals surface area contributed by atoms with Gasteiger partial charge in [-0.05, 0) is 50.1 Å². The Morgan fingerprint density at radius 1 is 1.47 bits per heavy atom. The van der Waals surface area contributed by atoms with Crippen molar-refractivity contribution in [2.75, 3.05) is 6.54 Å². The molecule has 1 N–H and O–H groups in total. The van der Waals surface area contributed by atoms with Crippen molar-refractivity contribution in [1.29, 1.82) is 0 Å². The molecule has 0 spiro atoms. The van der Waals surface area contributed by atoms with Crippen molar-refractivity contribution < 1.29 is 0 Å². The standard InChI is InChI=1S/C14H25N3/c1-4-15-14(11(3)13-6-7-13)8-12-9-16-17(5-2)10-12/h9-11,13-15H,4-8H2,1-3H3. The topological polar surface area (TPSA) is 29.9 Å². The number of hydrogen-bond acceptors (Lipinski definition) is 2. The number of aromatic nitrogens is 2. The molecule has 1 heterocycles. The van der Waals surface area contributed by atoms with E-state index >= 15 is 0 Å². The van der Waals surface area contributed by atoms with Crippen LogP contribution in [0.5, 0.6) is 0 Å². The van der Waals surface area contributed by atoms with Gasteiger partial charge in [0, 0.05) is 18.8 Å². The summed E-state index contributed by atoms with van der Waals surface area (Å²) in [6.07, 6.45) is 8.18. The molecule has 0 radical (unpaired) electrons. The Hall–Kier alpha value is -0.830. The van der Waals surface area contributed by atoms with Gasteiger partial charge < -0.3 is 5.32 Å². The van der Waals surface area contributed by atoms with Crippen molar-refractivity contribution in [3.63, 3.8) is 0 Å². The van der Waals surface area contributed by atoms with Crippen molar-refractivity contribution >= 4 is 0 Å². The quantitative estimate of drug-likeness (QED) is 0.787. The van der Waals surface area contributed by atoms with Crippen LogP contribution in [0.3, 0.4) is 0 Å². The van der Waals surface area contributed by atoms with E-state index in [0.717, 1.165) is 31.3 Å². The van der Waals surface area contributed by atoms with E-state index in [9.17, 15) is 0 Å². The first-order chi connectivity index (χ1) is 8.24. The summed E-state index contributed by atoms with van der Waals surface area (Å²) in [4.78, 5) is 0. The molecule has 0 bridgehead atoms. The monoisotopic (exact) mass is 235 g/mol. The van der Waals surface area contributed by atoms with Gasteiger partial charge in [0.2, 0.25) is 0 Å². The molecule has 1 aliphatic rings. The first-order valence-corrected chi connectivity index (χ1v) is 6.99. The second kappa shape index (κ2) is 5.67. The van der Waals surface area contributed by atoms with Crippen molar-refractivity contribution in [1.82, 2.24) is 15.1 Å². The number of aryl methyl sites for hydroxylation is 1. The second-order valence-electron chi connectivity index (χ2n) is 5.27. The summed E-state index contributed by atoms with van der Waals surface area (Å²) in [6.45, 7) is 8.75. The average molecular weight is 235 g/mol. The van der Waals surface area contributed by atoms with Crippen LogP contribution in [0.4, 0.5) is 0 Å². The molecule has 0 aromatic carbocycles. The van der Waals surface area contributed by atoms with Gasteiger partial charge in [0.15, 0.2) is 0 Å². The maximum atomic E-state index is 4.36. The number of nitrogens with one attached hydrogen (secondary N) is 1. The minimum atomic E-state index is 0.613. The molecular formula is C14H25N3. The number of likely N-dealkylation sites (N-methyl/N-ethyl adjacent to an activating group) is 1. The lowest BCUT2D eigenvalue weighted by atomic mass is 9.92. The van der Waals surface area contributed by atoms with Gasteiger partial charge in [-0.15, -0.1) is 0 Å². The van der Waals surface area contributed by atoms with E-state index in [1.54, 1.807) is 0 Å². The summed E-state index contributed by atoms with van der Waals surface area (Å²) in [6, 6.07) is 0.613. The van der Waals surface area contributed by atoms with Crippen LogP contribution in [0.1, 0.15) is 39.2 Å². The van der Waals surface area contributed by atoms with Gasteiger partial charge in [0.1, 0.15) is 0 Å². The maximum absolute atomic E-state index is 4.36. The van der Waals surface area contributed by atoms with Crippen molar-refractivity contribution in [3.05, 3.63) is 18.0 Å². The van der Waals surface area contributed by atoms with Crippen LogP contribution < -0.4 is 5.32 Å². The zero-order valence-electron chi connectivity index (χ0n) is 11.3. The lowest BCUT2D eigenvalue weighted by Crippen LogP contribution is -2.37. The summed E-state index contributed by atoms with van der Waals surface area (Å²) in [5.41, 5.74) is 1.37. The molecule has 1 fully saturated rings. The minimum absolute atomic E-state index is 0.613. The van der Waals surface area contributed by atoms with Crippen LogP contribution in [0.25, 0.3) is 0 Å². The van der Waals surface area contributed by atoms with Crippen molar-refractivity contribution in [2.24, 2.45) is 11.8 Å². The molecule has 2 unspecified atom stereocenters. The highest BCUT2D eigenvalue weighted by molar-refractivity contribution is 5.07. The van der Waals surface area contributed by atoms with Gasteiger partial charge in [0.05, 0.1) is 6.20 Å². The molecule has 1 aliphatic carbocycles. The summed E-state index contributed by atoms with van der Waals surface area (Å²) >= 11 is 0. The van der Waals surface area contributed by atoms with Crippen LogP contribution in [-0.2, 0) is 13.0 Å². The molecule has 0 saturated heterocycles. The summed E-state index contributed by atoms with van der Waals surface area (Å²) in [5.74, 6) is 1.75. The Bertz CT molecular complexity index is 341. The molecule has 3 heteroatoms. The van der Waals surface area contributed by atoms with Gasteiger partial charge in [-0.2, -0.15) is 5.10 Å². The van der Waals surface area contributed by atoms with Gasteiger partial charge in [-0.3, -0.25) is 4.68 Å². The largest absolute Gasteiger partial charge is 0.314 e. The molecule has 17 heavy (non-hydrogen) atoms. The van der Waals surface area contributed by atoms with E-state index in [1.807, 2.05) is 10.9 Å². The molecule has 96 valence electrons. The molecule has 0 amide bonds. The fourth-order valence-electron chi connectivity index (χ4n) is 2.60. The average Bonchev–Trinajstić information content (AvgIpc) is 3.08. The van der Waals surface area contributed by atoms with E-state index in [1.165, 1.54) is 18.4 Å². The number of nitrogens with zero attached hydrogens (tertiary/aromatic N) is 2. The fourth-order valence-corrected chi connectivity index (χ4v) is 2.60. The van der Waals surface area contributed by atoms with Crippen LogP contribution in [-0.4, -0.2) is 22.4 Å². The lowest BCUT2D eigenvalue weighted by molar-refractivity contribution is 0.344. The third kappa shape index (κ3) is 3.32. The van der Waals surface area contributed by atoms with E-state index in [4.69, 9.17) is 0 Å². The van der Waals surface area contributed by atoms with E-state index < -0.39 is 0 Å². The summed E-state index contributed by atoms with van der Waals surface area (Å²) in [5, 5.41) is 8.00. The molecule has 2 atom stereocenters. The molecule has 1 aromatic heterocycles. The van der Waals surface area contributed by atoms with Crippen molar-refractivity contribution in [3.8, 4) is 0 Å². The van der Waals surface area contributed by atoms with E-state index in [-0.39, 0.29) is 0 Å². The van der Waals surface area contributed by atoms with E-state index in [2.05, 4.69) is 37.4 Å². The Kier molecular flexibility index (Phi) is 4.21. The Labute approximate surface area is 105 Å². The predicted molar refractivity (Wildman–Crippen MR) is 71.0 cm³/mol. The molecular weight excluding hydrogens is 210 g/mol. The third-order valence-corrected chi connectivity index (χ3v) is 3.93. The van der Waals surface area contributed by atoms with Gasteiger partial charge in [-0.1, -0.05) is 13.8 Å². The normalized spacial score (nSPS) is 19.2. The van der Waals surface area contributed by atoms with Crippen LogP contribution in [0, 0.1) is 11.8 Å². The first-order valence-electron chi connectivity index (χ1n) is 6.99. The molecule has 1 saturated carbocycles. The lowest BCUT2D eigenvalue weighted by Gasteiger charge is -2.24. The zero-order valence-corrected chi connectivity index (χ0v) is 11.3. The summed E-state index contributed by atoms with van der Waals surface area (Å²) in [7, 11) is 0. The SMILES string of the molecule is CCNC(Cc1cnn(CC)c1)C(C)C1CC1. The number of rotatable bonds is 7. The highest BCUT2D eigenvalue weighted by Crippen LogP contribution is 2.38. The van der Waals surface area contributed by atoms with E-state index in [0.29, 0.717) is 6.04 Å². The molecule has 0 aliphatic heterocycles. The Balaban J connectivity index is 1.95. The maximum Gasteiger partial charge on any atom is 0.0522 e. The molecule has 1 aromatic rings. The van der Waals surface area contributed by atoms with Crippen LogP contribution in [0.2, 0.25) is 0 Å². The molecule has 2 rings (SSSR count). The van der Waals surface area contributed by atoms with Crippen LogP contribution >= 0.6 is 0 Å². The fraction of sp³-hybridized carbons (Fsp3) is 0.786. The number of hydrogen-bond donors (Lipinski definition) is 1. The third-order valence-electron chi connectivity index (χ3n) is 3.93. The van der Waals surface area contributed by atoms with Gasteiger partial charge >= 0.3 is 0 Å². The summed E-state index contributed by atoms with van der Waals surface area (Å²) < 4.78 is 2.01.